The van der Waals surface area contributed by atoms with Crippen LogP contribution in [-0.2, 0) is 22.6 Å². The molecule has 0 spiro atoms. The monoisotopic (exact) mass is 493 g/mol. The van der Waals surface area contributed by atoms with E-state index in [9.17, 15) is 9.90 Å². The summed E-state index contributed by atoms with van der Waals surface area (Å²) >= 11 is 0. The molecule has 1 aromatic heterocycles. The molecule has 0 radical (unpaired) electrons. The number of para-hydroxylation sites is 1. The number of carbonyl (C=O) groups excluding carboxylic acids is 1. The molecule has 2 heterocycles. The smallest absolute Gasteiger partial charge is 0.239 e. The number of aromatic amines is 1. The molecular weight excluding hydrogens is 462 g/mol. The lowest BCUT2D eigenvalue weighted by Crippen LogP contribution is -2.43. The number of benzene rings is 3. The van der Waals surface area contributed by atoms with Gasteiger partial charge in [0, 0.05) is 41.2 Å². The second-order valence-corrected chi connectivity index (χ2v) is 9.45. The van der Waals surface area contributed by atoms with Gasteiger partial charge in [-0.1, -0.05) is 59.9 Å². The number of aliphatic hydroxyl groups is 1. The van der Waals surface area contributed by atoms with Crippen LogP contribution in [0.3, 0.4) is 0 Å². The highest BCUT2D eigenvalue weighted by Crippen LogP contribution is 2.24. The van der Waals surface area contributed by atoms with E-state index in [-0.39, 0.29) is 18.6 Å². The first-order valence-electron chi connectivity index (χ1n) is 12.6. The van der Waals surface area contributed by atoms with Crippen LogP contribution in [0.5, 0.6) is 0 Å². The number of H-pyrrole nitrogens is 1. The number of nitrogens with zero attached hydrogens (tertiary/aromatic N) is 1. The molecule has 5 rings (SSSR count). The Balaban J connectivity index is 1.18. The van der Waals surface area contributed by atoms with E-state index in [4.69, 9.17) is 4.84 Å². The van der Waals surface area contributed by atoms with Gasteiger partial charge in [0.05, 0.1) is 13.2 Å². The summed E-state index contributed by atoms with van der Waals surface area (Å²) in [7, 11) is 0. The van der Waals surface area contributed by atoms with E-state index in [1.807, 2.05) is 60.8 Å². The van der Waals surface area contributed by atoms with E-state index in [1.54, 1.807) is 5.06 Å². The number of rotatable bonds is 7. The van der Waals surface area contributed by atoms with E-state index in [0.717, 1.165) is 28.6 Å². The molecule has 1 saturated heterocycles. The maximum Gasteiger partial charge on any atom is 0.239 e. The van der Waals surface area contributed by atoms with Crippen LogP contribution in [0.1, 0.15) is 34.2 Å². The Bertz CT molecular complexity index is 1410. The maximum atomic E-state index is 13.1. The van der Waals surface area contributed by atoms with Crippen LogP contribution < -0.4 is 5.32 Å². The summed E-state index contributed by atoms with van der Waals surface area (Å²) in [5, 5.41) is 15.6. The van der Waals surface area contributed by atoms with Crippen LogP contribution in [0.4, 0.5) is 0 Å². The molecule has 188 valence electrons. The highest BCUT2D eigenvalue weighted by molar-refractivity contribution is 5.84. The SMILES string of the molecule is Cc1ccc(C#Cc2ccc(CN3OC(CO)CC3C(=O)NCCc3c[nH]c4ccccc34)cc2)cc1. The maximum absolute atomic E-state index is 13.1. The number of amides is 1. The van der Waals surface area contributed by atoms with Crippen LogP contribution in [0.25, 0.3) is 10.9 Å². The molecule has 2 unspecified atom stereocenters. The average Bonchev–Trinajstić information content (AvgIpc) is 3.53. The van der Waals surface area contributed by atoms with Crippen molar-refractivity contribution in [3.05, 3.63) is 107 Å². The van der Waals surface area contributed by atoms with Gasteiger partial charge in [-0.25, -0.2) is 0 Å². The highest BCUT2D eigenvalue weighted by Gasteiger charge is 2.37. The summed E-state index contributed by atoms with van der Waals surface area (Å²) in [6.45, 7) is 2.91. The minimum absolute atomic E-state index is 0.0867. The Hall–Kier alpha value is -3.89. The fourth-order valence-corrected chi connectivity index (χ4v) is 4.60. The molecule has 1 aliphatic rings. The molecule has 3 N–H and O–H groups in total. The Kier molecular flexibility index (Phi) is 7.67. The van der Waals surface area contributed by atoms with Crippen molar-refractivity contribution in [2.24, 2.45) is 0 Å². The van der Waals surface area contributed by atoms with Crippen molar-refractivity contribution >= 4 is 16.8 Å². The zero-order chi connectivity index (χ0) is 25.6. The van der Waals surface area contributed by atoms with Crippen LogP contribution in [0.15, 0.2) is 79.0 Å². The second-order valence-electron chi connectivity index (χ2n) is 9.45. The minimum atomic E-state index is -0.457. The number of nitrogens with one attached hydrogen (secondary N) is 2. The van der Waals surface area contributed by atoms with Crippen LogP contribution in [0, 0.1) is 18.8 Å². The zero-order valence-electron chi connectivity index (χ0n) is 20.9. The second kappa shape index (κ2) is 11.4. The van der Waals surface area contributed by atoms with Crippen molar-refractivity contribution < 1.29 is 14.7 Å². The number of hydroxylamine groups is 2. The van der Waals surface area contributed by atoms with Gasteiger partial charge in [-0.2, -0.15) is 5.06 Å². The van der Waals surface area contributed by atoms with E-state index >= 15 is 0 Å². The van der Waals surface area contributed by atoms with Gasteiger partial charge in [0.2, 0.25) is 5.91 Å². The first-order chi connectivity index (χ1) is 18.1. The van der Waals surface area contributed by atoms with Crippen molar-refractivity contribution in [2.75, 3.05) is 13.2 Å². The first kappa shape index (κ1) is 24.8. The molecule has 4 aromatic rings. The zero-order valence-corrected chi connectivity index (χ0v) is 20.9. The number of fused-ring (bicyclic) bond motifs is 1. The summed E-state index contributed by atoms with van der Waals surface area (Å²) < 4.78 is 0. The molecule has 0 bridgehead atoms. The Morgan fingerprint density at radius 1 is 1.05 bits per heavy atom. The molecule has 3 aromatic carbocycles. The molecule has 1 amide bonds. The van der Waals surface area contributed by atoms with Gasteiger partial charge in [-0.3, -0.25) is 9.63 Å². The van der Waals surface area contributed by atoms with Crippen molar-refractivity contribution in [1.82, 2.24) is 15.4 Å². The largest absolute Gasteiger partial charge is 0.394 e. The fourth-order valence-electron chi connectivity index (χ4n) is 4.60. The van der Waals surface area contributed by atoms with Gasteiger partial charge in [0.15, 0.2) is 0 Å². The quantitative estimate of drug-likeness (QED) is 0.339. The number of hydrogen-bond acceptors (Lipinski definition) is 4. The minimum Gasteiger partial charge on any atom is -0.394 e. The lowest BCUT2D eigenvalue weighted by molar-refractivity contribution is -0.181. The normalized spacial score (nSPS) is 17.5. The average molecular weight is 494 g/mol. The highest BCUT2D eigenvalue weighted by atomic mass is 16.7. The molecule has 6 nitrogen and oxygen atoms in total. The van der Waals surface area contributed by atoms with E-state index in [1.165, 1.54) is 16.5 Å². The van der Waals surface area contributed by atoms with E-state index in [0.29, 0.717) is 19.5 Å². The molecule has 1 aliphatic heterocycles. The van der Waals surface area contributed by atoms with Gasteiger partial charge in [-0.15, -0.1) is 0 Å². The molecular formula is C31H31N3O3. The third-order valence-electron chi connectivity index (χ3n) is 6.69. The summed E-state index contributed by atoms with van der Waals surface area (Å²) in [6, 6.07) is 23.8. The van der Waals surface area contributed by atoms with Gasteiger partial charge in [0.25, 0.3) is 0 Å². The number of carbonyl (C=O) groups is 1. The Morgan fingerprint density at radius 3 is 2.49 bits per heavy atom. The van der Waals surface area contributed by atoms with Gasteiger partial charge < -0.3 is 15.4 Å². The third kappa shape index (κ3) is 6.10. The van der Waals surface area contributed by atoms with Crippen LogP contribution in [0.2, 0.25) is 0 Å². The van der Waals surface area contributed by atoms with Gasteiger partial charge >= 0.3 is 0 Å². The lowest BCUT2D eigenvalue weighted by Gasteiger charge is -2.22. The predicted molar refractivity (Wildman–Crippen MR) is 145 cm³/mol. The van der Waals surface area contributed by atoms with Crippen LogP contribution >= 0.6 is 0 Å². The summed E-state index contributed by atoms with van der Waals surface area (Å²) in [5.74, 6) is 6.30. The van der Waals surface area contributed by atoms with Crippen molar-refractivity contribution in [3.8, 4) is 11.8 Å². The Labute approximate surface area is 217 Å². The van der Waals surface area contributed by atoms with E-state index < -0.39 is 6.04 Å². The van der Waals surface area contributed by atoms with Crippen molar-refractivity contribution in [2.45, 2.75) is 38.5 Å². The molecule has 0 aliphatic carbocycles. The van der Waals surface area contributed by atoms with E-state index in [2.05, 4.69) is 47.3 Å². The standard InChI is InChI=1S/C31H31N3O3/c1-22-6-8-23(9-7-22)10-11-24-12-14-25(15-13-24)20-34-30(18-27(21-35)37-34)31(36)32-17-16-26-19-33-29-5-3-2-4-28(26)29/h2-9,12-15,19,27,30,33,35H,16-18,20-21H2,1H3,(H,32,36). The first-order valence-corrected chi connectivity index (χ1v) is 12.6. The molecule has 0 saturated carbocycles. The summed E-state index contributed by atoms with van der Waals surface area (Å²) in [6.07, 6.45) is 2.80. The van der Waals surface area contributed by atoms with Gasteiger partial charge in [-0.05, 0) is 54.8 Å². The lowest BCUT2D eigenvalue weighted by atomic mass is 10.1. The summed E-state index contributed by atoms with van der Waals surface area (Å²) in [5.41, 5.74) is 6.39. The fraction of sp³-hybridized carbons (Fsp3) is 0.258. The number of hydrogen-bond donors (Lipinski definition) is 3. The number of aliphatic hydroxyl groups excluding tert-OH is 1. The molecule has 1 fully saturated rings. The van der Waals surface area contributed by atoms with Crippen molar-refractivity contribution in [3.63, 3.8) is 0 Å². The molecule has 37 heavy (non-hydrogen) atoms. The number of aryl methyl sites for hydroxylation is 1. The van der Waals surface area contributed by atoms with Crippen LogP contribution in [-0.4, -0.2) is 46.4 Å². The van der Waals surface area contributed by atoms with Crippen molar-refractivity contribution in [1.29, 1.82) is 0 Å². The molecule has 2 atom stereocenters. The van der Waals surface area contributed by atoms with Gasteiger partial charge in [0.1, 0.15) is 12.1 Å². The Morgan fingerprint density at radius 2 is 1.76 bits per heavy atom. The number of aromatic nitrogens is 1. The third-order valence-corrected chi connectivity index (χ3v) is 6.69. The predicted octanol–water partition coefficient (Wildman–Crippen LogP) is 4.10. The summed E-state index contributed by atoms with van der Waals surface area (Å²) in [4.78, 5) is 22.2. The molecule has 6 heteroatoms. The topological polar surface area (TPSA) is 77.6 Å².